The van der Waals surface area contributed by atoms with Crippen LogP contribution >= 0.6 is 0 Å². The summed E-state index contributed by atoms with van der Waals surface area (Å²) in [5, 5.41) is 0. The second kappa shape index (κ2) is 7.27. The molecule has 0 N–H and O–H groups in total. The zero-order chi connectivity index (χ0) is 12.7. The Balaban J connectivity index is 2.49. The molecule has 0 aromatic carbocycles. The first-order valence-corrected chi connectivity index (χ1v) is 6.04. The maximum Gasteiger partial charge on any atom is 0.310 e. The van der Waals surface area contributed by atoms with Crippen molar-refractivity contribution in [2.75, 3.05) is 33.9 Å². The van der Waals surface area contributed by atoms with E-state index in [9.17, 15) is 9.59 Å². The van der Waals surface area contributed by atoms with Gasteiger partial charge in [-0.1, -0.05) is 6.42 Å². The highest BCUT2D eigenvalue weighted by atomic mass is 16.5. The number of piperidine rings is 1. The Bertz CT molecular complexity index is 261. The van der Waals surface area contributed by atoms with Crippen molar-refractivity contribution in [2.24, 2.45) is 5.92 Å². The first kappa shape index (κ1) is 14.0. The summed E-state index contributed by atoms with van der Waals surface area (Å²) in [6.07, 6.45) is 3.66. The van der Waals surface area contributed by atoms with E-state index in [0.29, 0.717) is 6.54 Å². The summed E-state index contributed by atoms with van der Waals surface area (Å²) in [5.74, 6) is -1.11. The average Bonchev–Trinajstić information content (AvgIpc) is 2.38. The van der Waals surface area contributed by atoms with Crippen LogP contribution in [0.3, 0.4) is 0 Å². The molecule has 0 bridgehead atoms. The van der Waals surface area contributed by atoms with Crippen LogP contribution in [0.5, 0.6) is 0 Å². The number of ether oxygens (including phenoxy) is 2. The van der Waals surface area contributed by atoms with Crippen molar-refractivity contribution in [3.05, 3.63) is 0 Å². The highest BCUT2D eigenvalue weighted by Gasteiger charge is 2.26. The van der Waals surface area contributed by atoms with Crippen LogP contribution < -0.4 is 0 Å². The Morgan fingerprint density at radius 1 is 1.12 bits per heavy atom. The lowest BCUT2D eigenvalue weighted by Gasteiger charge is -2.29. The maximum absolute atomic E-state index is 11.6. The van der Waals surface area contributed by atoms with Crippen LogP contribution in [-0.2, 0) is 19.1 Å². The van der Waals surface area contributed by atoms with Crippen molar-refractivity contribution in [2.45, 2.75) is 25.7 Å². The fourth-order valence-electron chi connectivity index (χ4n) is 2.13. The van der Waals surface area contributed by atoms with E-state index in [1.165, 1.54) is 20.6 Å². The molecule has 1 atom stereocenters. The van der Waals surface area contributed by atoms with Gasteiger partial charge in [0.1, 0.15) is 0 Å². The Labute approximate surface area is 102 Å². The highest BCUT2D eigenvalue weighted by molar-refractivity contribution is 5.80. The number of esters is 2. The van der Waals surface area contributed by atoms with E-state index in [-0.39, 0.29) is 18.4 Å². The molecule has 0 aliphatic carbocycles. The molecule has 0 saturated carbocycles. The van der Waals surface area contributed by atoms with Crippen LogP contribution in [0.1, 0.15) is 25.7 Å². The summed E-state index contributed by atoms with van der Waals surface area (Å²) in [7, 11) is 2.68. The lowest BCUT2D eigenvalue weighted by molar-refractivity contribution is -0.152. The smallest absolute Gasteiger partial charge is 0.310 e. The van der Waals surface area contributed by atoms with E-state index in [4.69, 9.17) is 4.74 Å². The average molecular weight is 243 g/mol. The Morgan fingerprint density at radius 2 is 1.76 bits per heavy atom. The van der Waals surface area contributed by atoms with Crippen molar-refractivity contribution in [3.8, 4) is 0 Å². The molecule has 0 amide bonds. The summed E-state index contributed by atoms with van der Waals surface area (Å²) in [4.78, 5) is 25.0. The number of carbonyl (C=O) groups excluding carboxylic acids is 2. The molecule has 0 aromatic rings. The van der Waals surface area contributed by atoms with Crippen LogP contribution in [-0.4, -0.2) is 50.7 Å². The molecule has 0 aromatic heterocycles. The first-order chi connectivity index (χ1) is 8.17. The third kappa shape index (κ3) is 4.73. The predicted molar refractivity (Wildman–Crippen MR) is 62.4 cm³/mol. The van der Waals surface area contributed by atoms with Crippen molar-refractivity contribution in [1.29, 1.82) is 0 Å². The quantitative estimate of drug-likeness (QED) is 0.669. The molecule has 0 spiro atoms. The molecule has 5 nitrogen and oxygen atoms in total. The van der Waals surface area contributed by atoms with Crippen LogP contribution in [0.25, 0.3) is 0 Å². The summed E-state index contributed by atoms with van der Waals surface area (Å²) in [5.41, 5.74) is 0. The SMILES string of the molecule is COC(=O)CC(CN1CCCCC1)C(=O)OC. The number of methoxy groups -OCH3 is 2. The van der Waals surface area contributed by atoms with E-state index in [0.717, 1.165) is 25.9 Å². The van der Waals surface area contributed by atoms with Gasteiger partial charge < -0.3 is 14.4 Å². The molecule has 0 radical (unpaired) electrons. The van der Waals surface area contributed by atoms with Crippen LogP contribution in [0.4, 0.5) is 0 Å². The number of hydrogen-bond acceptors (Lipinski definition) is 5. The summed E-state index contributed by atoms with van der Waals surface area (Å²) in [6, 6.07) is 0. The molecule has 1 rings (SSSR count). The molecule has 17 heavy (non-hydrogen) atoms. The molecule has 1 aliphatic heterocycles. The zero-order valence-electron chi connectivity index (χ0n) is 10.6. The minimum Gasteiger partial charge on any atom is -0.469 e. The molecule has 98 valence electrons. The number of hydrogen-bond donors (Lipinski definition) is 0. The molecule has 1 unspecified atom stereocenters. The lowest BCUT2D eigenvalue weighted by Crippen LogP contribution is -2.38. The van der Waals surface area contributed by atoms with E-state index in [1.807, 2.05) is 0 Å². The van der Waals surface area contributed by atoms with Gasteiger partial charge >= 0.3 is 11.9 Å². The van der Waals surface area contributed by atoms with Crippen LogP contribution in [0.15, 0.2) is 0 Å². The minimum absolute atomic E-state index is 0.0969. The fourth-order valence-corrected chi connectivity index (χ4v) is 2.13. The van der Waals surface area contributed by atoms with Gasteiger partial charge in [0.2, 0.25) is 0 Å². The molecule has 1 heterocycles. The van der Waals surface area contributed by atoms with Gasteiger partial charge in [-0.25, -0.2) is 0 Å². The summed E-state index contributed by atoms with van der Waals surface area (Å²) in [6.45, 7) is 2.57. The Kier molecular flexibility index (Phi) is 5.97. The zero-order valence-corrected chi connectivity index (χ0v) is 10.6. The van der Waals surface area contributed by atoms with Gasteiger partial charge in [-0.2, -0.15) is 0 Å². The molecule has 1 saturated heterocycles. The van der Waals surface area contributed by atoms with Crippen molar-refractivity contribution in [1.82, 2.24) is 4.90 Å². The molecule has 1 fully saturated rings. The third-order valence-electron chi connectivity index (χ3n) is 3.10. The number of likely N-dealkylation sites (tertiary alicyclic amines) is 1. The van der Waals surface area contributed by atoms with Gasteiger partial charge in [-0.3, -0.25) is 9.59 Å². The first-order valence-electron chi connectivity index (χ1n) is 6.04. The minimum atomic E-state index is -0.412. The Hall–Kier alpha value is -1.10. The second-order valence-corrected chi connectivity index (χ2v) is 4.36. The van der Waals surface area contributed by atoms with Crippen molar-refractivity contribution in [3.63, 3.8) is 0 Å². The van der Waals surface area contributed by atoms with Gasteiger partial charge in [-0.05, 0) is 25.9 Å². The number of rotatable bonds is 5. The van der Waals surface area contributed by atoms with Crippen LogP contribution in [0.2, 0.25) is 0 Å². The van der Waals surface area contributed by atoms with Crippen LogP contribution in [0, 0.1) is 5.92 Å². The summed E-state index contributed by atoms with van der Waals surface area (Å²) >= 11 is 0. The fraction of sp³-hybridized carbons (Fsp3) is 0.833. The highest BCUT2D eigenvalue weighted by Crippen LogP contribution is 2.14. The number of carbonyl (C=O) groups is 2. The van der Waals surface area contributed by atoms with Gasteiger partial charge in [0.05, 0.1) is 26.6 Å². The third-order valence-corrected chi connectivity index (χ3v) is 3.10. The topological polar surface area (TPSA) is 55.8 Å². The van der Waals surface area contributed by atoms with E-state index in [1.54, 1.807) is 0 Å². The summed E-state index contributed by atoms with van der Waals surface area (Å²) < 4.78 is 9.33. The lowest BCUT2D eigenvalue weighted by atomic mass is 10.0. The van der Waals surface area contributed by atoms with E-state index < -0.39 is 5.92 Å². The van der Waals surface area contributed by atoms with Gasteiger partial charge in [0, 0.05) is 6.54 Å². The predicted octanol–water partition coefficient (Wildman–Crippen LogP) is 0.825. The largest absolute Gasteiger partial charge is 0.469 e. The monoisotopic (exact) mass is 243 g/mol. The maximum atomic E-state index is 11.6. The molecule has 5 heteroatoms. The standard InChI is InChI=1S/C12H21NO4/c1-16-11(14)8-10(12(15)17-2)9-13-6-4-3-5-7-13/h10H,3-9H2,1-2H3. The molecular weight excluding hydrogens is 222 g/mol. The van der Waals surface area contributed by atoms with Gasteiger partial charge in [0.15, 0.2) is 0 Å². The molecule has 1 aliphatic rings. The van der Waals surface area contributed by atoms with E-state index in [2.05, 4.69) is 9.64 Å². The van der Waals surface area contributed by atoms with Gasteiger partial charge in [-0.15, -0.1) is 0 Å². The number of nitrogens with zero attached hydrogens (tertiary/aromatic N) is 1. The van der Waals surface area contributed by atoms with Crippen molar-refractivity contribution >= 4 is 11.9 Å². The Morgan fingerprint density at radius 3 is 2.29 bits per heavy atom. The van der Waals surface area contributed by atoms with E-state index >= 15 is 0 Å². The van der Waals surface area contributed by atoms with Crippen molar-refractivity contribution < 1.29 is 19.1 Å². The van der Waals surface area contributed by atoms with Gasteiger partial charge in [0.25, 0.3) is 0 Å². The normalized spacial score (nSPS) is 18.5. The second-order valence-electron chi connectivity index (χ2n) is 4.36. The molecular formula is C12H21NO4.